The fraction of sp³-hybridized carbons (Fsp3) is 0.667. The minimum Gasteiger partial charge on any atom is -0.329 e. The minimum atomic E-state index is -0.0427. The highest BCUT2D eigenvalue weighted by molar-refractivity contribution is 14.1. The molecule has 0 aromatic heterocycles. The van der Waals surface area contributed by atoms with Crippen molar-refractivity contribution in [2.75, 3.05) is 19.6 Å². The van der Waals surface area contributed by atoms with Gasteiger partial charge in [0.05, 0.1) is 0 Å². The smallest absolute Gasteiger partial charge is 0.298 e. The molecule has 1 unspecified atom stereocenters. The number of rotatable bonds is 0. The summed E-state index contributed by atoms with van der Waals surface area (Å²) in [5.74, 6) is 5.16. The molecule has 1 rings (SSSR count). The summed E-state index contributed by atoms with van der Waals surface area (Å²) in [5.41, 5.74) is 0. The van der Waals surface area contributed by atoms with Crippen LogP contribution in [-0.4, -0.2) is 39.6 Å². The maximum absolute atomic E-state index is 11.4. The van der Waals surface area contributed by atoms with E-state index in [0.717, 1.165) is 19.6 Å². The second-order valence-electron chi connectivity index (χ2n) is 3.10. The Morgan fingerprint density at radius 1 is 1.54 bits per heavy atom. The molecule has 0 N–H and O–H groups in total. The molecular formula is C9H13IN2O. The third-order valence-electron chi connectivity index (χ3n) is 2.07. The van der Waals surface area contributed by atoms with Gasteiger partial charge in [0.1, 0.15) is 0 Å². The van der Waals surface area contributed by atoms with E-state index in [-0.39, 0.29) is 5.91 Å². The van der Waals surface area contributed by atoms with Crippen molar-refractivity contribution >= 4 is 28.8 Å². The topological polar surface area (TPSA) is 23.6 Å². The molecule has 3 nitrogen and oxygen atoms in total. The number of carbonyl (C=O) groups excluding carboxylic acids is 1. The fourth-order valence-corrected chi connectivity index (χ4v) is 1.70. The van der Waals surface area contributed by atoms with Gasteiger partial charge in [0, 0.05) is 48.5 Å². The molecule has 1 heterocycles. The Bertz CT molecular complexity index is 256. The van der Waals surface area contributed by atoms with Gasteiger partial charge < -0.3 is 4.90 Å². The van der Waals surface area contributed by atoms with E-state index < -0.39 is 0 Å². The molecule has 13 heavy (non-hydrogen) atoms. The number of amides is 1. The molecule has 1 atom stereocenters. The molecule has 4 heteroatoms. The number of hydrogen-bond acceptors (Lipinski definition) is 2. The van der Waals surface area contributed by atoms with Gasteiger partial charge in [-0.1, -0.05) is 5.92 Å². The lowest BCUT2D eigenvalue weighted by Gasteiger charge is -2.35. The predicted molar refractivity (Wildman–Crippen MR) is 60.2 cm³/mol. The van der Waals surface area contributed by atoms with Crippen LogP contribution in [0.25, 0.3) is 0 Å². The zero-order chi connectivity index (χ0) is 9.84. The summed E-state index contributed by atoms with van der Waals surface area (Å²) in [6.07, 6.45) is 0. The average Bonchev–Trinajstić information content (AvgIpc) is 2.10. The lowest BCUT2D eigenvalue weighted by molar-refractivity contribution is -0.126. The monoisotopic (exact) mass is 292 g/mol. The highest BCUT2D eigenvalue weighted by atomic mass is 127. The van der Waals surface area contributed by atoms with Crippen LogP contribution in [0.1, 0.15) is 13.8 Å². The molecule has 0 bridgehead atoms. The van der Waals surface area contributed by atoms with Gasteiger partial charge in [0.15, 0.2) is 0 Å². The van der Waals surface area contributed by atoms with Crippen molar-refractivity contribution in [2.45, 2.75) is 19.9 Å². The molecule has 1 amide bonds. The number of hydrogen-bond donors (Lipinski definition) is 0. The van der Waals surface area contributed by atoms with Crippen molar-refractivity contribution in [3.05, 3.63) is 0 Å². The minimum absolute atomic E-state index is 0.0427. The normalized spacial score (nSPS) is 23.6. The molecular weight excluding hydrogens is 279 g/mol. The summed E-state index contributed by atoms with van der Waals surface area (Å²) in [5, 5.41) is 0. The molecule has 0 aliphatic carbocycles. The predicted octanol–water partition coefficient (Wildman–Crippen LogP) is 0.892. The van der Waals surface area contributed by atoms with Gasteiger partial charge in [0.2, 0.25) is 0 Å². The number of nitrogens with zero attached hydrogens (tertiary/aromatic N) is 2. The zero-order valence-corrected chi connectivity index (χ0v) is 10.0. The summed E-state index contributed by atoms with van der Waals surface area (Å²) in [6.45, 7) is 6.32. The first-order valence-corrected chi connectivity index (χ1v) is 5.25. The standard InChI is InChI=1S/C9H13IN2O/c1-3-4-9(13)11-5-6-12(10)8(2)7-11/h8H,5-7H2,1-2H3. The maximum Gasteiger partial charge on any atom is 0.298 e. The lowest BCUT2D eigenvalue weighted by atomic mass is 10.2. The molecule has 1 aliphatic rings. The van der Waals surface area contributed by atoms with Crippen molar-refractivity contribution in [3.8, 4) is 11.8 Å². The number of halogens is 1. The van der Waals surface area contributed by atoms with Gasteiger partial charge in [-0.25, -0.2) is 3.11 Å². The highest BCUT2D eigenvalue weighted by Gasteiger charge is 2.23. The van der Waals surface area contributed by atoms with Gasteiger partial charge in [-0.3, -0.25) is 4.79 Å². The Morgan fingerprint density at radius 2 is 2.23 bits per heavy atom. The van der Waals surface area contributed by atoms with E-state index >= 15 is 0 Å². The van der Waals surface area contributed by atoms with E-state index in [2.05, 4.69) is 44.7 Å². The SMILES string of the molecule is CC#CC(=O)N1CCN(I)C(C)C1. The summed E-state index contributed by atoms with van der Waals surface area (Å²) >= 11 is 2.30. The molecule has 1 fully saturated rings. The van der Waals surface area contributed by atoms with Crippen LogP contribution < -0.4 is 0 Å². The third-order valence-corrected chi connectivity index (χ3v) is 3.50. The Kier molecular flexibility index (Phi) is 4.00. The van der Waals surface area contributed by atoms with E-state index in [1.165, 1.54) is 0 Å². The van der Waals surface area contributed by atoms with Crippen molar-refractivity contribution in [2.24, 2.45) is 0 Å². The number of piperazine rings is 1. The first-order valence-electron chi connectivity index (χ1n) is 4.29. The first-order chi connectivity index (χ1) is 6.15. The van der Waals surface area contributed by atoms with Gasteiger partial charge >= 0.3 is 0 Å². The number of carbonyl (C=O) groups is 1. The van der Waals surface area contributed by atoms with Crippen LogP contribution in [0, 0.1) is 11.8 Å². The maximum atomic E-state index is 11.4. The Labute approximate surface area is 93.0 Å². The third kappa shape index (κ3) is 2.85. The molecule has 0 aromatic carbocycles. The Hall–Kier alpha value is -0.280. The van der Waals surface area contributed by atoms with Crippen LogP contribution in [0.3, 0.4) is 0 Å². The first kappa shape index (κ1) is 10.8. The Balaban J connectivity index is 2.53. The highest BCUT2D eigenvalue weighted by Crippen LogP contribution is 2.13. The summed E-state index contributed by atoms with van der Waals surface area (Å²) in [7, 11) is 0. The van der Waals surface area contributed by atoms with E-state index in [4.69, 9.17) is 0 Å². The van der Waals surface area contributed by atoms with Crippen LogP contribution in [0.4, 0.5) is 0 Å². The molecule has 0 radical (unpaired) electrons. The fourth-order valence-electron chi connectivity index (χ4n) is 1.31. The van der Waals surface area contributed by atoms with Gasteiger partial charge in [0.25, 0.3) is 5.91 Å². The average molecular weight is 292 g/mol. The van der Waals surface area contributed by atoms with Crippen molar-refractivity contribution in [3.63, 3.8) is 0 Å². The molecule has 0 saturated carbocycles. The lowest BCUT2D eigenvalue weighted by Crippen LogP contribution is -2.49. The van der Waals surface area contributed by atoms with Gasteiger partial charge in [-0.15, -0.1) is 0 Å². The van der Waals surface area contributed by atoms with Crippen LogP contribution in [0.5, 0.6) is 0 Å². The van der Waals surface area contributed by atoms with Crippen molar-refractivity contribution in [1.29, 1.82) is 0 Å². The van der Waals surface area contributed by atoms with Crippen LogP contribution in [0.2, 0.25) is 0 Å². The molecule has 1 aliphatic heterocycles. The summed E-state index contributed by atoms with van der Waals surface area (Å²) in [4.78, 5) is 13.2. The van der Waals surface area contributed by atoms with Crippen molar-refractivity contribution in [1.82, 2.24) is 8.01 Å². The van der Waals surface area contributed by atoms with E-state index in [1.807, 2.05) is 4.90 Å². The second kappa shape index (κ2) is 4.82. The van der Waals surface area contributed by atoms with Crippen LogP contribution >= 0.6 is 22.9 Å². The molecule has 0 spiro atoms. The van der Waals surface area contributed by atoms with Gasteiger partial charge in [-0.2, -0.15) is 0 Å². The van der Waals surface area contributed by atoms with Crippen LogP contribution in [0.15, 0.2) is 0 Å². The van der Waals surface area contributed by atoms with Crippen LogP contribution in [-0.2, 0) is 4.79 Å². The quantitative estimate of drug-likeness (QED) is 0.376. The molecule has 1 saturated heterocycles. The molecule has 72 valence electrons. The molecule has 0 aromatic rings. The van der Waals surface area contributed by atoms with Gasteiger partial charge in [-0.05, 0) is 19.8 Å². The Morgan fingerprint density at radius 3 is 2.77 bits per heavy atom. The zero-order valence-electron chi connectivity index (χ0n) is 7.88. The summed E-state index contributed by atoms with van der Waals surface area (Å²) in [6, 6.07) is 0.428. The van der Waals surface area contributed by atoms with E-state index in [9.17, 15) is 4.79 Å². The summed E-state index contributed by atoms with van der Waals surface area (Å²) < 4.78 is 2.22. The second-order valence-corrected chi connectivity index (χ2v) is 4.34. The largest absolute Gasteiger partial charge is 0.329 e. The van der Waals surface area contributed by atoms with E-state index in [0.29, 0.717) is 6.04 Å². The van der Waals surface area contributed by atoms with Crippen molar-refractivity contribution < 1.29 is 4.79 Å². The van der Waals surface area contributed by atoms with E-state index in [1.54, 1.807) is 6.92 Å².